The predicted molar refractivity (Wildman–Crippen MR) is 463 cm³/mol. The van der Waals surface area contributed by atoms with Crippen molar-refractivity contribution in [3.8, 4) is 0 Å². The second kappa shape index (κ2) is 85.3. The van der Waals surface area contributed by atoms with Crippen molar-refractivity contribution in [3.63, 3.8) is 0 Å². The number of unbranched alkanes of at least 4 members (excludes halogenated alkanes) is 42. The van der Waals surface area contributed by atoms with Crippen molar-refractivity contribution < 1.29 is 75.8 Å². The van der Waals surface area contributed by atoms with Crippen LogP contribution in [0.3, 0.4) is 0 Å². The van der Waals surface area contributed by atoms with Gasteiger partial charge < -0.3 is 34.2 Å². The molecule has 0 radical (unpaired) electrons. The molecule has 0 aliphatic heterocycles. The third-order valence-corrected chi connectivity index (χ3v) is 21.1. The highest BCUT2D eigenvalue weighted by Crippen LogP contribution is 2.45. The van der Waals surface area contributed by atoms with E-state index in [2.05, 4.69) is 142 Å². The highest BCUT2D eigenvalue weighted by Gasteiger charge is 2.29. The van der Waals surface area contributed by atoms with Crippen LogP contribution in [-0.2, 0) is 55.8 Å². The van der Waals surface area contributed by atoms with Crippen LogP contribution in [0.2, 0.25) is 0 Å². The molecule has 0 saturated heterocycles. The van der Waals surface area contributed by atoms with Gasteiger partial charge in [-0.05, 0) is 116 Å². The number of hydrogen-bond donors (Lipinski definition) is 4. The molecule has 0 rings (SSSR count). The Hall–Kier alpha value is -4.05. The van der Waals surface area contributed by atoms with Crippen LogP contribution in [-0.4, -0.2) is 95.9 Å². The van der Waals surface area contributed by atoms with Gasteiger partial charge in [-0.1, -0.05) is 380 Å². The first-order valence-corrected chi connectivity index (χ1v) is 47.8. The van der Waals surface area contributed by atoms with Gasteiger partial charge in [-0.25, -0.2) is 9.13 Å². The zero-order valence-electron chi connectivity index (χ0n) is 70.6. The lowest BCUT2D eigenvalue weighted by Gasteiger charge is -2.21. The van der Waals surface area contributed by atoms with E-state index in [1.54, 1.807) is 0 Å². The van der Waals surface area contributed by atoms with Crippen molar-refractivity contribution in [1.29, 1.82) is 0 Å². The van der Waals surface area contributed by atoms with Gasteiger partial charge >= 0.3 is 33.6 Å². The summed E-state index contributed by atoms with van der Waals surface area (Å²) >= 11 is 0. The van der Waals surface area contributed by atoms with E-state index < -0.39 is 91.5 Å². The number of hydrogen-bond acceptors (Lipinski definition) is 14. The first-order valence-electron chi connectivity index (χ1n) is 44.8. The summed E-state index contributed by atoms with van der Waals surface area (Å²) in [6.45, 7) is 2.60. The number of aliphatic hydroxyl groups is 2. The number of rotatable bonds is 85. The van der Waals surface area contributed by atoms with Crippen LogP contribution in [0.25, 0.3) is 0 Å². The van der Waals surface area contributed by atoms with Crippen molar-refractivity contribution >= 4 is 33.6 Å². The molecule has 16 nitrogen and oxygen atoms in total. The zero-order valence-corrected chi connectivity index (χ0v) is 72.4. The summed E-state index contributed by atoms with van der Waals surface area (Å²) < 4.78 is 61.3. The molecule has 642 valence electrons. The largest absolute Gasteiger partial charge is 0.472 e. The second-order valence-electron chi connectivity index (χ2n) is 30.0. The molecule has 0 heterocycles. The van der Waals surface area contributed by atoms with Crippen LogP contribution in [0.4, 0.5) is 0 Å². The molecule has 0 bridgehead atoms. The van der Waals surface area contributed by atoms with Crippen LogP contribution in [0.15, 0.2) is 122 Å². The lowest BCUT2D eigenvalue weighted by atomic mass is 10.0. The van der Waals surface area contributed by atoms with E-state index in [9.17, 15) is 43.5 Å². The molecule has 0 fully saturated rings. The molecule has 0 spiro atoms. The molecule has 0 aromatic carbocycles. The number of ether oxygens (including phenoxy) is 3. The Morgan fingerprint density at radius 2 is 0.477 bits per heavy atom. The van der Waals surface area contributed by atoms with Gasteiger partial charge in [0.2, 0.25) is 0 Å². The van der Waals surface area contributed by atoms with Gasteiger partial charge in [-0.2, -0.15) is 0 Å². The summed E-state index contributed by atoms with van der Waals surface area (Å²) in [5.41, 5.74) is 0. The minimum atomic E-state index is -4.93. The number of esters is 3. The molecule has 0 saturated carbocycles. The fourth-order valence-corrected chi connectivity index (χ4v) is 14.0. The number of carbonyl (C=O) groups is 3. The molecule has 18 heteroatoms. The van der Waals surface area contributed by atoms with Crippen LogP contribution >= 0.6 is 15.6 Å². The highest BCUT2D eigenvalue weighted by molar-refractivity contribution is 7.47. The van der Waals surface area contributed by atoms with E-state index in [0.29, 0.717) is 19.3 Å². The lowest BCUT2D eigenvalue weighted by molar-refractivity contribution is -0.161. The fraction of sp³-hybridized carbons (Fsp3) is 0.753. The van der Waals surface area contributed by atoms with E-state index in [-0.39, 0.29) is 19.3 Å². The summed E-state index contributed by atoms with van der Waals surface area (Å²) in [4.78, 5) is 58.8. The van der Waals surface area contributed by atoms with Crippen LogP contribution < -0.4 is 0 Å². The van der Waals surface area contributed by atoms with Crippen LogP contribution in [0.5, 0.6) is 0 Å². The van der Waals surface area contributed by atoms with Gasteiger partial charge in [-0.3, -0.25) is 32.5 Å². The van der Waals surface area contributed by atoms with Gasteiger partial charge in [0.15, 0.2) is 6.10 Å². The molecule has 0 aromatic rings. The minimum absolute atomic E-state index is 0.109. The summed E-state index contributed by atoms with van der Waals surface area (Å²) in [5.74, 6) is -1.56. The van der Waals surface area contributed by atoms with E-state index >= 15 is 0 Å². The number of carbonyl (C=O) groups excluding carboxylic acids is 3. The number of phosphoric ester groups is 2. The number of phosphoric acid groups is 2. The molecule has 4 N–H and O–H groups in total. The van der Waals surface area contributed by atoms with Crippen molar-refractivity contribution in [1.82, 2.24) is 0 Å². The molecule has 5 atom stereocenters. The van der Waals surface area contributed by atoms with Crippen LogP contribution in [0, 0.1) is 0 Å². The molecule has 0 aliphatic rings. The third-order valence-electron chi connectivity index (χ3n) is 19.2. The van der Waals surface area contributed by atoms with Gasteiger partial charge in [0, 0.05) is 19.3 Å². The molecule has 0 aliphatic carbocycles. The predicted octanol–water partition coefficient (Wildman–Crippen LogP) is 27.2. The third kappa shape index (κ3) is 86.6. The fourth-order valence-electron chi connectivity index (χ4n) is 12.4. The highest BCUT2D eigenvalue weighted by atomic mass is 31.2. The maximum Gasteiger partial charge on any atom is 0.472 e. The average molecular weight is 1600 g/mol. The summed E-state index contributed by atoms with van der Waals surface area (Å²) in [5, 5.41) is 20.7. The lowest BCUT2D eigenvalue weighted by Crippen LogP contribution is -2.30. The summed E-state index contributed by atoms with van der Waals surface area (Å²) in [7, 11) is -9.79. The van der Waals surface area contributed by atoms with E-state index in [0.717, 1.165) is 128 Å². The Bertz CT molecular complexity index is 2500. The quantitative estimate of drug-likeness (QED) is 0.0146. The van der Waals surface area contributed by atoms with Crippen molar-refractivity contribution in [2.45, 2.75) is 411 Å². The minimum Gasteiger partial charge on any atom is -0.463 e. The van der Waals surface area contributed by atoms with Gasteiger partial charge in [0.25, 0.3) is 0 Å². The topological polar surface area (TPSA) is 231 Å². The smallest absolute Gasteiger partial charge is 0.463 e. The normalized spacial score (nSPS) is 14.4. The Kier molecular flexibility index (Phi) is 82.2. The van der Waals surface area contributed by atoms with Crippen molar-refractivity contribution in [2.75, 3.05) is 39.6 Å². The first kappa shape index (κ1) is 107. The van der Waals surface area contributed by atoms with Crippen molar-refractivity contribution in [3.05, 3.63) is 122 Å². The number of allylic oxidation sites excluding steroid dienone is 20. The summed E-state index contributed by atoms with van der Waals surface area (Å²) in [6.07, 6.45) is 104. The van der Waals surface area contributed by atoms with Gasteiger partial charge in [0.05, 0.1) is 26.4 Å². The van der Waals surface area contributed by atoms with Gasteiger partial charge in [0.1, 0.15) is 25.4 Å². The van der Waals surface area contributed by atoms with Crippen molar-refractivity contribution in [2.24, 2.45) is 0 Å². The first-order chi connectivity index (χ1) is 54.2. The second-order valence-corrected chi connectivity index (χ2v) is 32.9. The Labute approximate surface area is 678 Å². The maximum atomic E-state index is 13.0. The molecule has 0 amide bonds. The standard InChI is InChI=1S/C93H164O16P2/c1-4-7-10-13-16-19-22-25-27-29-31-33-35-37-39-41-43-45-47-49-51-53-55-57-59-62-64-67-70-73-76-79-91(96)103-82-88(94)83-105-110(99,100)106-84-89(95)85-107-111(101,102)108-87-90(109-93(98)81-78-75-72-69-66-61-24-21-18-15-12-9-6-3)86-104-92(97)80-77-74-71-68-65-63-60-58-56-54-52-50-48-46-44-42-40-38-36-34-32-30-28-26-23-20-17-14-11-8-5-2/h7,10,16-17,19-20,25-28,31-34,37-40,43,45,88-90,94-95H,4-6,8-9,11-15,18,21-24,29-30,35-36,41-42,44,46-87H2,1-3H3,(H,99,100)(H,101,102)/b10-7-,19-16-,20-17-,27-25-,28-26-,33-31-,34-32-,39-37-,40-38-,45-43-. The summed E-state index contributed by atoms with van der Waals surface area (Å²) in [6, 6.07) is 0. The number of aliphatic hydroxyl groups excluding tert-OH is 2. The Morgan fingerprint density at radius 3 is 0.775 bits per heavy atom. The molecule has 0 aromatic heterocycles. The SMILES string of the molecule is CC/C=C\C/C=C\C/C=C\C/C=C\C/C=C\C/C=C\CCCCCCCCCCCCCCC(=O)OCC(O)COP(=O)(O)OCC(O)COP(=O)(O)OCC(COC(=O)CCCCCCCCCCCCCCCCC/C=C\C/C=C\C/C=C\C/C=C\CCCCC)OC(=O)CCCCCCCCCCCCCCC. The zero-order chi connectivity index (χ0) is 80.8. The molecule has 111 heavy (non-hydrogen) atoms. The monoisotopic (exact) mass is 1600 g/mol. The van der Waals surface area contributed by atoms with E-state index in [1.807, 2.05) is 0 Å². The molecule has 5 unspecified atom stereocenters. The molecular formula is C93H164O16P2. The van der Waals surface area contributed by atoms with E-state index in [1.165, 1.54) is 205 Å². The average Bonchev–Trinajstić information content (AvgIpc) is 0.928. The molecular weight excluding hydrogens is 1430 g/mol. The van der Waals surface area contributed by atoms with Gasteiger partial charge in [-0.15, -0.1) is 0 Å². The Balaban J connectivity index is 4.43. The van der Waals surface area contributed by atoms with Crippen LogP contribution in [0.1, 0.15) is 393 Å². The maximum absolute atomic E-state index is 13.0. The Morgan fingerprint density at radius 1 is 0.261 bits per heavy atom. The van der Waals surface area contributed by atoms with E-state index in [4.69, 9.17) is 32.3 Å².